The summed E-state index contributed by atoms with van der Waals surface area (Å²) in [6.07, 6.45) is 0.863. The van der Waals surface area contributed by atoms with Crippen LogP contribution in [0.2, 0.25) is 0 Å². The van der Waals surface area contributed by atoms with Gasteiger partial charge in [-0.15, -0.1) is 0 Å². The van der Waals surface area contributed by atoms with Gasteiger partial charge in [-0.05, 0) is 5.56 Å². The van der Waals surface area contributed by atoms with Gasteiger partial charge in [0.05, 0.1) is 5.71 Å². The molecule has 0 aliphatic carbocycles. The van der Waals surface area contributed by atoms with Crippen LogP contribution in [0.25, 0.3) is 0 Å². The molecule has 0 saturated heterocycles. The van der Waals surface area contributed by atoms with Gasteiger partial charge in [-0.2, -0.15) is 0 Å². The van der Waals surface area contributed by atoms with E-state index in [4.69, 9.17) is 0 Å². The number of aliphatic imine (C=N–C) groups is 1. The number of hydrogen-bond acceptors (Lipinski definition) is 2. The zero-order chi connectivity index (χ0) is 7.68. The van der Waals surface area contributed by atoms with Gasteiger partial charge in [0, 0.05) is 0 Å². The maximum atomic E-state index is 10.2. The summed E-state index contributed by atoms with van der Waals surface area (Å²) in [5.74, 6) is 0. The van der Waals surface area contributed by atoms with Crippen molar-refractivity contribution in [2.45, 2.75) is 6.04 Å². The zero-order valence-electron chi connectivity index (χ0n) is 5.90. The first-order valence-electron chi connectivity index (χ1n) is 3.50. The van der Waals surface area contributed by atoms with Gasteiger partial charge < -0.3 is 4.79 Å². The fourth-order valence-electron chi connectivity index (χ4n) is 1.06. The van der Waals surface area contributed by atoms with Crippen molar-refractivity contribution in [2.75, 3.05) is 0 Å². The number of hydrogen-bond donors (Lipinski definition) is 0. The second-order valence-corrected chi connectivity index (χ2v) is 2.46. The van der Waals surface area contributed by atoms with Gasteiger partial charge in [-0.25, -0.2) is 0 Å². The van der Waals surface area contributed by atoms with E-state index in [2.05, 4.69) is 4.99 Å². The Morgan fingerprint density at radius 2 is 2.00 bits per heavy atom. The third-order valence-corrected chi connectivity index (χ3v) is 1.69. The van der Waals surface area contributed by atoms with Crippen LogP contribution in [0.4, 0.5) is 0 Å². The van der Waals surface area contributed by atoms with Crippen molar-refractivity contribution in [3.8, 4) is 0 Å². The van der Waals surface area contributed by atoms with E-state index in [-0.39, 0.29) is 6.04 Å². The van der Waals surface area contributed by atoms with Crippen molar-refractivity contribution in [1.82, 2.24) is 0 Å². The van der Waals surface area contributed by atoms with Crippen molar-refractivity contribution >= 4 is 12.0 Å². The Bertz CT molecular complexity index is 303. The maximum Gasteiger partial charge on any atom is 0.150 e. The molecule has 0 bridgehead atoms. The van der Waals surface area contributed by atoms with Crippen LogP contribution in [0.5, 0.6) is 0 Å². The lowest BCUT2D eigenvalue weighted by Crippen LogP contribution is -1.98. The van der Waals surface area contributed by atoms with Crippen LogP contribution in [-0.2, 0) is 4.79 Å². The summed E-state index contributed by atoms with van der Waals surface area (Å²) < 4.78 is 0. The minimum absolute atomic E-state index is 0.155. The summed E-state index contributed by atoms with van der Waals surface area (Å²) in [4.78, 5) is 14.2. The van der Waals surface area contributed by atoms with Crippen LogP contribution in [0, 0.1) is 0 Å². The Morgan fingerprint density at radius 3 is 2.55 bits per heavy atom. The normalized spacial score (nSPS) is 20.7. The molecule has 1 aromatic carbocycles. The first-order chi connectivity index (χ1) is 5.42. The second-order valence-electron chi connectivity index (χ2n) is 2.46. The van der Waals surface area contributed by atoms with E-state index >= 15 is 0 Å². The summed E-state index contributed by atoms with van der Waals surface area (Å²) in [6, 6.07) is 9.60. The van der Waals surface area contributed by atoms with Crippen LogP contribution in [0.3, 0.4) is 0 Å². The van der Waals surface area contributed by atoms with Crippen LogP contribution >= 0.6 is 0 Å². The van der Waals surface area contributed by atoms with Crippen molar-refractivity contribution < 1.29 is 4.79 Å². The highest BCUT2D eigenvalue weighted by molar-refractivity contribution is 6.21. The Balaban J connectivity index is 2.21. The minimum atomic E-state index is -0.155. The van der Waals surface area contributed by atoms with Crippen LogP contribution in [0.1, 0.15) is 5.56 Å². The quantitative estimate of drug-likeness (QED) is 0.572. The molecule has 1 aromatic rings. The summed E-state index contributed by atoms with van der Waals surface area (Å²) in [7, 11) is 0. The Hall–Kier alpha value is -1.44. The van der Waals surface area contributed by atoms with Crippen molar-refractivity contribution in [1.29, 1.82) is 0 Å². The van der Waals surface area contributed by atoms with Gasteiger partial charge in [-0.3, -0.25) is 4.99 Å². The Kier molecular flexibility index (Phi) is 1.32. The van der Waals surface area contributed by atoms with Crippen molar-refractivity contribution in [3.63, 3.8) is 0 Å². The first kappa shape index (κ1) is 6.28. The highest BCUT2D eigenvalue weighted by Crippen LogP contribution is 2.17. The molecule has 0 spiro atoms. The molecule has 0 radical (unpaired) electrons. The van der Waals surface area contributed by atoms with Crippen LogP contribution in [-0.4, -0.2) is 18.0 Å². The number of nitrogens with zero attached hydrogens (tertiary/aromatic N) is 1. The summed E-state index contributed by atoms with van der Waals surface area (Å²) >= 11 is 0. The van der Waals surface area contributed by atoms with Gasteiger partial charge in [0.15, 0.2) is 6.29 Å². The third kappa shape index (κ3) is 1.07. The van der Waals surface area contributed by atoms with Gasteiger partial charge in [0.25, 0.3) is 0 Å². The number of aldehydes is 1. The van der Waals surface area contributed by atoms with Gasteiger partial charge in [0.1, 0.15) is 6.04 Å². The molecule has 0 saturated carbocycles. The van der Waals surface area contributed by atoms with Crippen LogP contribution in [0.15, 0.2) is 35.3 Å². The Morgan fingerprint density at radius 1 is 1.27 bits per heavy atom. The number of carbonyl (C=O) groups excluding carboxylic acids is 1. The summed E-state index contributed by atoms with van der Waals surface area (Å²) in [5, 5.41) is 0. The van der Waals surface area contributed by atoms with Gasteiger partial charge in [-0.1, -0.05) is 30.3 Å². The maximum absolute atomic E-state index is 10.2. The molecule has 0 aromatic heterocycles. The van der Waals surface area contributed by atoms with E-state index in [0.29, 0.717) is 0 Å². The highest BCUT2D eigenvalue weighted by atomic mass is 16.1. The fourth-order valence-corrected chi connectivity index (χ4v) is 1.06. The lowest BCUT2D eigenvalue weighted by atomic mass is 10.1. The molecule has 0 unspecified atom stereocenters. The number of rotatable bonds is 2. The molecule has 1 aliphatic rings. The molecule has 0 amide bonds. The predicted molar refractivity (Wildman–Crippen MR) is 42.8 cm³/mol. The van der Waals surface area contributed by atoms with E-state index in [1.807, 2.05) is 30.3 Å². The minimum Gasteiger partial charge on any atom is -0.301 e. The third-order valence-electron chi connectivity index (χ3n) is 1.69. The molecule has 1 heterocycles. The molecule has 2 heteroatoms. The standard InChI is InChI=1S/C9H7NO/c11-6-8-9(10-8)7-4-2-1-3-5-7/h1-6,8H/t8-/m1/s1. The Labute approximate surface area is 64.6 Å². The average Bonchev–Trinajstić information content (AvgIpc) is 2.85. The predicted octanol–water partition coefficient (Wildman–Crippen LogP) is 1.06. The monoisotopic (exact) mass is 145 g/mol. The first-order valence-corrected chi connectivity index (χ1v) is 3.50. The van der Waals surface area contributed by atoms with Gasteiger partial charge in [0.2, 0.25) is 0 Å². The van der Waals surface area contributed by atoms with E-state index in [1.54, 1.807) is 0 Å². The molecular formula is C9H7NO. The fraction of sp³-hybridized carbons (Fsp3) is 0.111. The molecular weight excluding hydrogens is 138 g/mol. The van der Waals surface area contributed by atoms with E-state index in [1.165, 1.54) is 0 Å². The zero-order valence-corrected chi connectivity index (χ0v) is 5.90. The largest absolute Gasteiger partial charge is 0.301 e. The molecule has 0 N–H and O–H groups in total. The summed E-state index contributed by atoms with van der Waals surface area (Å²) in [6.45, 7) is 0. The molecule has 11 heavy (non-hydrogen) atoms. The lowest BCUT2D eigenvalue weighted by Gasteiger charge is -1.88. The van der Waals surface area contributed by atoms with Gasteiger partial charge >= 0.3 is 0 Å². The molecule has 54 valence electrons. The number of carbonyl (C=O) groups is 1. The molecule has 2 rings (SSSR count). The van der Waals surface area contributed by atoms with E-state index in [9.17, 15) is 4.79 Å². The average molecular weight is 145 g/mol. The molecule has 1 atom stereocenters. The van der Waals surface area contributed by atoms with E-state index in [0.717, 1.165) is 17.6 Å². The number of benzene rings is 1. The highest BCUT2D eigenvalue weighted by Gasteiger charge is 2.27. The van der Waals surface area contributed by atoms with Crippen molar-refractivity contribution in [3.05, 3.63) is 35.9 Å². The van der Waals surface area contributed by atoms with E-state index < -0.39 is 0 Å². The summed E-state index contributed by atoms with van der Waals surface area (Å²) in [5.41, 5.74) is 1.98. The second kappa shape index (κ2) is 2.31. The topological polar surface area (TPSA) is 29.4 Å². The molecule has 2 nitrogen and oxygen atoms in total. The molecule has 1 aliphatic heterocycles. The van der Waals surface area contributed by atoms with Crippen LogP contribution < -0.4 is 0 Å². The lowest BCUT2D eigenvalue weighted by molar-refractivity contribution is -0.107. The SMILES string of the molecule is O=C[C@H]1N=C1c1ccccc1. The van der Waals surface area contributed by atoms with Crippen molar-refractivity contribution in [2.24, 2.45) is 4.99 Å². The molecule has 0 fully saturated rings. The smallest absolute Gasteiger partial charge is 0.150 e.